The molecule has 140 valence electrons. The number of aryl methyl sites for hydroxylation is 1. The van der Waals surface area contributed by atoms with Gasteiger partial charge in [-0.3, -0.25) is 4.98 Å². The Morgan fingerprint density at radius 2 is 1.96 bits per heavy atom. The number of benzene rings is 2. The Balaban J connectivity index is 1.84. The Labute approximate surface area is 158 Å². The summed E-state index contributed by atoms with van der Waals surface area (Å²) in [5, 5.41) is 6.36. The van der Waals surface area contributed by atoms with Gasteiger partial charge in [-0.2, -0.15) is 12.7 Å². The van der Waals surface area contributed by atoms with Crippen molar-refractivity contribution in [1.82, 2.24) is 9.29 Å². The van der Waals surface area contributed by atoms with E-state index in [1.165, 1.54) is 4.31 Å². The van der Waals surface area contributed by atoms with Crippen molar-refractivity contribution in [2.75, 3.05) is 13.7 Å². The fourth-order valence-corrected chi connectivity index (χ4v) is 4.35. The van der Waals surface area contributed by atoms with Crippen LogP contribution in [0.3, 0.4) is 0 Å². The molecule has 0 amide bonds. The topological polar surface area (TPSA) is 85.5 Å². The molecule has 3 aromatic rings. The summed E-state index contributed by atoms with van der Waals surface area (Å²) in [4.78, 5) is 4.52. The molecule has 2 N–H and O–H groups in total. The second-order valence-electron chi connectivity index (χ2n) is 6.81. The van der Waals surface area contributed by atoms with E-state index in [4.69, 9.17) is 9.88 Å². The van der Waals surface area contributed by atoms with E-state index in [1.807, 2.05) is 31.3 Å². The molecule has 0 saturated carbocycles. The minimum atomic E-state index is -3.69. The maximum Gasteiger partial charge on any atom is 0.277 e. The molecule has 0 aliphatic carbocycles. The van der Waals surface area contributed by atoms with Gasteiger partial charge in [-0.15, -0.1) is 0 Å². The van der Waals surface area contributed by atoms with Crippen LogP contribution in [0.15, 0.2) is 42.6 Å². The van der Waals surface area contributed by atoms with Crippen LogP contribution in [-0.4, -0.2) is 31.4 Å². The molecule has 4 rings (SSSR count). The van der Waals surface area contributed by atoms with Gasteiger partial charge in [0.1, 0.15) is 5.75 Å². The van der Waals surface area contributed by atoms with Crippen LogP contribution >= 0.6 is 0 Å². The molecule has 1 aromatic heterocycles. The van der Waals surface area contributed by atoms with Gasteiger partial charge < -0.3 is 4.74 Å². The molecule has 0 atom stereocenters. The van der Waals surface area contributed by atoms with Gasteiger partial charge in [0.2, 0.25) is 0 Å². The number of pyridine rings is 1. The number of ether oxygens (including phenoxy) is 1. The first-order chi connectivity index (χ1) is 12.9. The molecule has 27 heavy (non-hydrogen) atoms. The maximum atomic E-state index is 11.7. The predicted molar refractivity (Wildman–Crippen MR) is 106 cm³/mol. The zero-order chi connectivity index (χ0) is 19.2. The number of methoxy groups -OCH3 is 1. The Morgan fingerprint density at radius 3 is 2.70 bits per heavy atom. The Bertz CT molecular complexity index is 1140. The third-order valence-corrected chi connectivity index (χ3v) is 6.13. The quantitative estimate of drug-likeness (QED) is 0.754. The van der Waals surface area contributed by atoms with Crippen molar-refractivity contribution in [2.24, 2.45) is 5.14 Å². The van der Waals surface area contributed by atoms with Crippen LogP contribution in [0.1, 0.15) is 16.7 Å². The van der Waals surface area contributed by atoms with Gasteiger partial charge in [-0.1, -0.05) is 12.1 Å². The molecule has 6 nitrogen and oxygen atoms in total. The minimum absolute atomic E-state index is 0.303. The Hall–Kier alpha value is -2.48. The largest absolute Gasteiger partial charge is 0.497 e. The average molecular weight is 383 g/mol. The van der Waals surface area contributed by atoms with Gasteiger partial charge in [0.05, 0.1) is 12.6 Å². The summed E-state index contributed by atoms with van der Waals surface area (Å²) in [5.41, 5.74) is 6.21. The summed E-state index contributed by atoms with van der Waals surface area (Å²) < 4.78 is 30.1. The van der Waals surface area contributed by atoms with Gasteiger partial charge in [0.15, 0.2) is 0 Å². The molecule has 7 heteroatoms. The lowest BCUT2D eigenvalue weighted by molar-refractivity contribution is 0.392. The summed E-state index contributed by atoms with van der Waals surface area (Å²) in [6.45, 7) is 2.75. The summed E-state index contributed by atoms with van der Waals surface area (Å²) in [5.74, 6) is 0.763. The van der Waals surface area contributed by atoms with Gasteiger partial charge in [-0.05, 0) is 59.4 Å². The molecule has 0 saturated heterocycles. The van der Waals surface area contributed by atoms with E-state index >= 15 is 0 Å². The van der Waals surface area contributed by atoms with Crippen molar-refractivity contribution < 1.29 is 13.2 Å². The molecular weight excluding hydrogens is 362 g/mol. The highest BCUT2D eigenvalue weighted by atomic mass is 32.2. The zero-order valence-corrected chi connectivity index (χ0v) is 16.1. The molecule has 0 spiro atoms. The third kappa shape index (κ3) is 3.29. The highest BCUT2D eigenvalue weighted by Crippen LogP contribution is 2.34. The standard InChI is InChI=1S/C20H21N3O3S/c1-13-11-22-19-10-17(26-2)5-6-18(19)20(13)15-4-3-14-7-8-23(27(21,24)25)12-16(14)9-15/h3-6,9-11H,7-8,12H2,1-2H3,(H2,21,24,25). The van der Waals surface area contributed by atoms with E-state index in [1.54, 1.807) is 7.11 Å². The van der Waals surface area contributed by atoms with Gasteiger partial charge in [-0.25, -0.2) is 5.14 Å². The van der Waals surface area contributed by atoms with Crippen LogP contribution < -0.4 is 9.88 Å². The van der Waals surface area contributed by atoms with Crippen molar-refractivity contribution >= 4 is 21.1 Å². The SMILES string of the molecule is COc1ccc2c(-c3ccc4c(c3)CN(S(N)(=O)=O)CC4)c(C)cnc2c1. The van der Waals surface area contributed by atoms with Crippen LogP contribution in [-0.2, 0) is 23.2 Å². The van der Waals surface area contributed by atoms with Crippen LogP contribution in [0.4, 0.5) is 0 Å². The number of hydrogen-bond acceptors (Lipinski definition) is 4. The van der Waals surface area contributed by atoms with Crippen molar-refractivity contribution in [3.63, 3.8) is 0 Å². The lowest BCUT2D eigenvalue weighted by Crippen LogP contribution is -2.40. The monoisotopic (exact) mass is 383 g/mol. The van der Waals surface area contributed by atoms with Crippen molar-refractivity contribution in [3.05, 3.63) is 59.3 Å². The summed E-state index contributed by atoms with van der Waals surface area (Å²) in [6, 6.07) is 12.1. The van der Waals surface area contributed by atoms with Gasteiger partial charge >= 0.3 is 0 Å². The molecule has 2 aromatic carbocycles. The second kappa shape index (κ2) is 6.60. The van der Waals surface area contributed by atoms with E-state index in [0.29, 0.717) is 19.5 Å². The van der Waals surface area contributed by atoms with Crippen LogP contribution in [0, 0.1) is 6.92 Å². The Kier molecular flexibility index (Phi) is 4.38. The summed E-state index contributed by atoms with van der Waals surface area (Å²) in [7, 11) is -2.05. The number of nitrogens with two attached hydrogens (primary N) is 1. The van der Waals surface area contributed by atoms with Crippen LogP contribution in [0.5, 0.6) is 5.75 Å². The number of nitrogens with zero attached hydrogens (tertiary/aromatic N) is 2. The fourth-order valence-electron chi connectivity index (χ4n) is 3.69. The predicted octanol–water partition coefficient (Wildman–Crippen LogP) is 2.78. The number of aromatic nitrogens is 1. The number of rotatable bonds is 3. The van der Waals surface area contributed by atoms with E-state index < -0.39 is 10.2 Å². The highest BCUT2D eigenvalue weighted by molar-refractivity contribution is 7.86. The maximum absolute atomic E-state index is 11.7. The van der Waals surface area contributed by atoms with E-state index in [9.17, 15) is 8.42 Å². The second-order valence-corrected chi connectivity index (χ2v) is 8.36. The lowest BCUT2D eigenvalue weighted by Gasteiger charge is -2.27. The first-order valence-corrected chi connectivity index (χ1v) is 10.2. The third-order valence-electron chi connectivity index (χ3n) is 5.10. The molecule has 0 fully saturated rings. The van der Waals surface area contributed by atoms with E-state index in [0.717, 1.165) is 44.5 Å². The Morgan fingerprint density at radius 1 is 1.15 bits per heavy atom. The molecule has 1 aliphatic heterocycles. The van der Waals surface area contributed by atoms with Crippen molar-refractivity contribution in [1.29, 1.82) is 0 Å². The smallest absolute Gasteiger partial charge is 0.277 e. The summed E-state index contributed by atoms with van der Waals surface area (Å²) in [6.07, 6.45) is 2.52. The molecule has 1 aliphatic rings. The van der Waals surface area contributed by atoms with E-state index in [-0.39, 0.29) is 0 Å². The first-order valence-electron chi connectivity index (χ1n) is 8.70. The molecule has 0 bridgehead atoms. The average Bonchev–Trinajstić information content (AvgIpc) is 2.66. The number of hydrogen-bond donors (Lipinski definition) is 1. The molecule has 0 unspecified atom stereocenters. The summed E-state index contributed by atoms with van der Waals surface area (Å²) >= 11 is 0. The molecular formula is C20H21N3O3S. The molecule has 2 heterocycles. The zero-order valence-electron chi connectivity index (χ0n) is 15.3. The highest BCUT2D eigenvalue weighted by Gasteiger charge is 2.24. The van der Waals surface area contributed by atoms with Crippen molar-refractivity contribution in [2.45, 2.75) is 19.9 Å². The normalized spacial score (nSPS) is 14.9. The van der Waals surface area contributed by atoms with Crippen LogP contribution in [0.2, 0.25) is 0 Å². The molecule has 0 radical (unpaired) electrons. The lowest BCUT2D eigenvalue weighted by atomic mass is 9.92. The van der Waals surface area contributed by atoms with Gasteiger partial charge in [0.25, 0.3) is 10.2 Å². The number of fused-ring (bicyclic) bond motifs is 2. The van der Waals surface area contributed by atoms with Crippen LogP contribution in [0.25, 0.3) is 22.0 Å². The minimum Gasteiger partial charge on any atom is -0.497 e. The van der Waals surface area contributed by atoms with Crippen molar-refractivity contribution in [3.8, 4) is 16.9 Å². The van der Waals surface area contributed by atoms with Gasteiger partial charge in [0, 0.05) is 30.7 Å². The fraction of sp³-hybridized carbons (Fsp3) is 0.250. The van der Waals surface area contributed by atoms with E-state index in [2.05, 4.69) is 23.2 Å². The first kappa shape index (κ1) is 17.9.